The van der Waals surface area contributed by atoms with Gasteiger partial charge in [0, 0.05) is 18.6 Å². The third kappa shape index (κ3) is 1.82. The fourth-order valence-corrected chi connectivity index (χ4v) is 2.54. The summed E-state index contributed by atoms with van der Waals surface area (Å²) in [4.78, 5) is 11.7. The zero-order chi connectivity index (χ0) is 9.97. The highest BCUT2D eigenvalue weighted by atomic mass is 16.1. The Morgan fingerprint density at radius 3 is 3.00 bits per heavy atom. The molecule has 2 aliphatic heterocycles. The van der Waals surface area contributed by atoms with Crippen LogP contribution in [0.4, 0.5) is 0 Å². The highest BCUT2D eigenvalue weighted by Gasteiger charge is 2.42. The van der Waals surface area contributed by atoms with E-state index in [1.807, 2.05) is 6.08 Å². The van der Waals surface area contributed by atoms with E-state index in [0.29, 0.717) is 12.1 Å². The molecule has 2 heterocycles. The summed E-state index contributed by atoms with van der Waals surface area (Å²) in [7, 11) is 0. The molecular weight excluding hydrogens is 176 g/mol. The van der Waals surface area contributed by atoms with Gasteiger partial charge in [0.25, 0.3) is 0 Å². The van der Waals surface area contributed by atoms with Crippen LogP contribution in [-0.4, -0.2) is 24.5 Å². The van der Waals surface area contributed by atoms with Gasteiger partial charge in [-0.05, 0) is 25.7 Å². The van der Waals surface area contributed by atoms with Gasteiger partial charge in [-0.15, -0.1) is 6.58 Å². The van der Waals surface area contributed by atoms with E-state index in [1.54, 1.807) is 0 Å². The van der Waals surface area contributed by atoms with Gasteiger partial charge in [-0.2, -0.15) is 0 Å². The summed E-state index contributed by atoms with van der Waals surface area (Å²) < 4.78 is 0. The first-order valence-corrected chi connectivity index (χ1v) is 5.46. The Bertz CT molecular complexity index is 239. The van der Waals surface area contributed by atoms with Crippen molar-refractivity contribution in [2.75, 3.05) is 6.54 Å². The molecule has 3 unspecified atom stereocenters. The summed E-state index contributed by atoms with van der Waals surface area (Å²) in [6.45, 7) is 4.36. The zero-order valence-electron chi connectivity index (χ0n) is 8.46. The van der Waals surface area contributed by atoms with Gasteiger partial charge in [0.05, 0.1) is 5.92 Å². The first-order chi connectivity index (χ1) is 6.81. The average Bonchev–Trinajstić information content (AvgIpc) is 2.79. The van der Waals surface area contributed by atoms with Gasteiger partial charge in [0.2, 0.25) is 5.91 Å². The van der Waals surface area contributed by atoms with Crippen LogP contribution >= 0.6 is 0 Å². The number of rotatable bonds is 4. The maximum Gasteiger partial charge on any atom is 0.224 e. The summed E-state index contributed by atoms with van der Waals surface area (Å²) in [6.07, 6.45) is 6.15. The van der Waals surface area contributed by atoms with Crippen LogP contribution in [0.2, 0.25) is 0 Å². The van der Waals surface area contributed by atoms with Crippen LogP contribution < -0.4 is 10.6 Å². The Balaban J connectivity index is 1.78. The molecule has 2 N–H and O–H groups in total. The van der Waals surface area contributed by atoms with Gasteiger partial charge >= 0.3 is 0 Å². The van der Waals surface area contributed by atoms with Crippen molar-refractivity contribution in [3.8, 4) is 0 Å². The van der Waals surface area contributed by atoms with Gasteiger partial charge in [-0.3, -0.25) is 4.79 Å². The van der Waals surface area contributed by atoms with Crippen molar-refractivity contribution < 1.29 is 4.79 Å². The predicted molar refractivity (Wildman–Crippen MR) is 55.9 cm³/mol. The van der Waals surface area contributed by atoms with Crippen molar-refractivity contribution in [1.29, 1.82) is 0 Å². The van der Waals surface area contributed by atoms with Crippen LogP contribution in [0.3, 0.4) is 0 Å². The number of fused-ring (bicyclic) bond motifs is 2. The highest BCUT2D eigenvalue weighted by Crippen LogP contribution is 2.33. The molecular formula is C11H18N2O. The third-order valence-corrected chi connectivity index (χ3v) is 3.28. The number of carbonyl (C=O) groups is 1. The maximum absolute atomic E-state index is 11.7. The Kier molecular flexibility index (Phi) is 2.87. The number of hydrogen-bond acceptors (Lipinski definition) is 2. The number of carbonyl (C=O) groups excluding carboxylic acids is 1. The van der Waals surface area contributed by atoms with Crippen LogP contribution in [0.15, 0.2) is 12.7 Å². The van der Waals surface area contributed by atoms with Crippen LogP contribution in [-0.2, 0) is 4.79 Å². The number of nitrogens with one attached hydrogen (secondary N) is 2. The topological polar surface area (TPSA) is 41.1 Å². The standard InChI is InChI=1S/C11H18N2O/c1-2-3-6-12-11(14)9-7-8-4-5-10(9)13-8/h2,8-10,13H,1,3-7H2,(H,12,14). The van der Waals surface area contributed by atoms with Crippen molar-refractivity contribution in [3.05, 3.63) is 12.7 Å². The van der Waals surface area contributed by atoms with Crippen molar-refractivity contribution in [1.82, 2.24) is 10.6 Å². The molecule has 0 aromatic rings. The molecule has 0 aliphatic carbocycles. The predicted octanol–water partition coefficient (Wildman–Crippen LogP) is 0.819. The van der Waals surface area contributed by atoms with E-state index in [-0.39, 0.29) is 11.8 Å². The quantitative estimate of drug-likeness (QED) is 0.514. The van der Waals surface area contributed by atoms with E-state index in [4.69, 9.17) is 0 Å². The zero-order valence-corrected chi connectivity index (χ0v) is 8.46. The second-order valence-electron chi connectivity index (χ2n) is 4.26. The van der Waals surface area contributed by atoms with E-state index >= 15 is 0 Å². The second kappa shape index (κ2) is 4.13. The molecule has 14 heavy (non-hydrogen) atoms. The minimum absolute atomic E-state index is 0.221. The minimum Gasteiger partial charge on any atom is -0.356 e. The lowest BCUT2D eigenvalue weighted by Gasteiger charge is -2.19. The SMILES string of the molecule is C=CCCNC(=O)C1CC2CCC1N2. The molecule has 0 saturated carbocycles. The average molecular weight is 194 g/mol. The van der Waals surface area contributed by atoms with Crippen molar-refractivity contribution in [2.24, 2.45) is 5.92 Å². The molecule has 78 valence electrons. The minimum atomic E-state index is 0.221. The van der Waals surface area contributed by atoms with E-state index in [2.05, 4.69) is 17.2 Å². The maximum atomic E-state index is 11.7. The Labute approximate surface area is 84.9 Å². The van der Waals surface area contributed by atoms with Gasteiger partial charge in [0.15, 0.2) is 0 Å². The molecule has 2 rings (SSSR count). The molecule has 3 atom stereocenters. The van der Waals surface area contributed by atoms with Crippen LogP contribution in [0.1, 0.15) is 25.7 Å². The first-order valence-electron chi connectivity index (χ1n) is 5.46. The van der Waals surface area contributed by atoms with E-state index in [0.717, 1.165) is 19.4 Å². The lowest BCUT2D eigenvalue weighted by atomic mass is 9.88. The van der Waals surface area contributed by atoms with Crippen LogP contribution in [0.5, 0.6) is 0 Å². The van der Waals surface area contributed by atoms with Crippen molar-refractivity contribution in [3.63, 3.8) is 0 Å². The summed E-state index contributed by atoms with van der Waals surface area (Å²) >= 11 is 0. The monoisotopic (exact) mass is 194 g/mol. The molecule has 2 aliphatic rings. The molecule has 3 heteroatoms. The molecule has 2 saturated heterocycles. The summed E-state index contributed by atoms with van der Waals surface area (Å²) in [5.41, 5.74) is 0. The van der Waals surface area contributed by atoms with E-state index < -0.39 is 0 Å². The molecule has 0 aromatic heterocycles. The molecule has 2 bridgehead atoms. The van der Waals surface area contributed by atoms with Crippen molar-refractivity contribution >= 4 is 5.91 Å². The van der Waals surface area contributed by atoms with Gasteiger partial charge in [-0.25, -0.2) is 0 Å². The Morgan fingerprint density at radius 2 is 2.43 bits per heavy atom. The van der Waals surface area contributed by atoms with E-state index in [1.165, 1.54) is 12.8 Å². The van der Waals surface area contributed by atoms with Gasteiger partial charge in [0.1, 0.15) is 0 Å². The number of hydrogen-bond donors (Lipinski definition) is 2. The third-order valence-electron chi connectivity index (χ3n) is 3.28. The molecule has 0 aromatic carbocycles. The smallest absolute Gasteiger partial charge is 0.224 e. The lowest BCUT2D eigenvalue weighted by molar-refractivity contribution is -0.125. The largest absolute Gasteiger partial charge is 0.356 e. The fraction of sp³-hybridized carbons (Fsp3) is 0.727. The molecule has 3 nitrogen and oxygen atoms in total. The first kappa shape index (κ1) is 9.71. The van der Waals surface area contributed by atoms with E-state index in [9.17, 15) is 4.79 Å². The molecule has 2 fully saturated rings. The number of amides is 1. The summed E-state index contributed by atoms with van der Waals surface area (Å²) in [5, 5.41) is 6.43. The lowest BCUT2D eigenvalue weighted by Crippen LogP contribution is -2.37. The summed E-state index contributed by atoms with van der Waals surface area (Å²) in [6, 6.07) is 1.05. The van der Waals surface area contributed by atoms with Crippen LogP contribution in [0.25, 0.3) is 0 Å². The Morgan fingerprint density at radius 1 is 1.57 bits per heavy atom. The summed E-state index contributed by atoms with van der Waals surface area (Å²) in [5.74, 6) is 0.449. The normalized spacial score (nSPS) is 34.4. The van der Waals surface area contributed by atoms with Crippen molar-refractivity contribution in [2.45, 2.75) is 37.8 Å². The fourth-order valence-electron chi connectivity index (χ4n) is 2.54. The molecule has 1 amide bonds. The van der Waals surface area contributed by atoms with Gasteiger partial charge < -0.3 is 10.6 Å². The molecule has 0 radical (unpaired) electrons. The van der Waals surface area contributed by atoms with Crippen LogP contribution in [0, 0.1) is 5.92 Å². The Hall–Kier alpha value is -0.830. The molecule has 0 spiro atoms. The van der Waals surface area contributed by atoms with Gasteiger partial charge in [-0.1, -0.05) is 6.08 Å². The highest BCUT2D eigenvalue weighted by molar-refractivity contribution is 5.80. The second-order valence-corrected chi connectivity index (χ2v) is 4.26.